The topological polar surface area (TPSA) is 37.3 Å². The first-order chi connectivity index (χ1) is 10.9. The molecule has 126 valence electrons. The van der Waals surface area contributed by atoms with E-state index in [0.717, 1.165) is 50.0 Å². The third kappa shape index (κ3) is 2.06. The van der Waals surface area contributed by atoms with Crippen molar-refractivity contribution in [3.8, 4) is 0 Å². The highest BCUT2D eigenvalue weighted by atomic mass is 16.3. The Morgan fingerprint density at radius 2 is 1.83 bits per heavy atom. The van der Waals surface area contributed by atoms with Crippen LogP contribution in [0.3, 0.4) is 0 Å². The van der Waals surface area contributed by atoms with Gasteiger partial charge in [-0.25, -0.2) is 0 Å². The molecule has 0 aromatic heterocycles. The minimum atomic E-state index is -0.128. The van der Waals surface area contributed by atoms with Crippen LogP contribution in [-0.4, -0.2) is 17.0 Å². The van der Waals surface area contributed by atoms with Crippen molar-refractivity contribution in [2.75, 3.05) is 0 Å². The van der Waals surface area contributed by atoms with E-state index in [9.17, 15) is 9.90 Å². The van der Waals surface area contributed by atoms with Crippen LogP contribution in [0.25, 0.3) is 0 Å². The van der Waals surface area contributed by atoms with Crippen LogP contribution in [0.2, 0.25) is 0 Å². The molecule has 4 rings (SSSR count). The summed E-state index contributed by atoms with van der Waals surface area (Å²) in [7, 11) is 0. The van der Waals surface area contributed by atoms with Crippen molar-refractivity contribution in [1.82, 2.24) is 0 Å². The maximum atomic E-state index is 12.1. The smallest absolute Gasteiger partial charge is 0.156 e. The summed E-state index contributed by atoms with van der Waals surface area (Å²) in [5, 5.41) is 10.1. The number of aliphatic hydroxyl groups excluding tert-OH is 1. The summed E-state index contributed by atoms with van der Waals surface area (Å²) in [4.78, 5) is 12.1. The van der Waals surface area contributed by atoms with Gasteiger partial charge in [0, 0.05) is 0 Å². The number of rotatable bonds is 1. The average Bonchev–Trinajstić information content (AvgIpc) is 2.85. The highest BCUT2D eigenvalue weighted by Crippen LogP contribution is 2.64. The fraction of sp³-hybridized carbons (Fsp3) is 0.762. The Morgan fingerprint density at radius 3 is 2.57 bits per heavy atom. The molecule has 2 fully saturated rings. The Morgan fingerprint density at radius 1 is 1.09 bits per heavy atom. The second-order valence-electron chi connectivity index (χ2n) is 9.02. The van der Waals surface area contributed by atoms with E-state index >= 15 is 0 Å². The molecule has 4 aliphatic carbocycles. The Bertz CT molecular complexity index is 601. The maximum absolute atomic E-state index is 12.1. The van der Waals surface area contributed by atoms with Crippen LogP contribution in [0.5, 0.6) is 0 Å². The zero-order valence-corrected chi connectivity index (χ0v) is 14.8. The number of hydrogen-bond donors (Lipinski definition) is 1. The summed E-state index contributed by atoms with van der Waals surface area (Å²) in [6.45, 7) is 6.55. The number of carbonyl (C=O) groups is 1. The monoisotopic (exact) mass is 314 g/mol. The third-order valence-electron chi connectivity index (χ3n) is 8.04. The number of ketones is 1. The molecule has 4 aliphatic rings. The van der Waals surface area contributed by atoms with Crippen LogP contribution in [0.15, 0.2) is 23.3 Å². The van der Waals surface area contributed by atoms with E-state index in [1.807, 2.05) is 0 Å². The van der Waals surface area contributed by atoms with Crippen LogP contribution in [0.1, 0.15) is 65.7 Å². The highest BCUT2D eigenvalue weighted by Gasteiger charge is 2.57. The number of carbonyl (C=O) groups excluding carboxylic acids is 1. The summed E-state index contributed by atoms with van der Waals surface area (Å²) in [6, 6.07) is 0. The number of hydrogen-bond acceptors (Lipinski definition) is 2. The lowest BCUT2D eigenvalue weighted by atomic mass is 9.47. The fourth-order valence-corrected chi connectivity index (χ4v) is 6.75. The van der Waals surface area contributed by atoms with Gasteiger partial charge in [0.1, 0.15) is 0 Å². The van der Waals surface area contributed by atoms with Crippen molar-refractivity contribution in [2.24, 2.45) is 28.6 Å². The Kier molecular flexibility index (Phi) is 3.43. The van der Waals surface area contributed by atoms with Gasteiger partial charge in [0.15, 0.2) is 5.78 Å². The first kappa shape index (κ1) is 15.6. The molecular formula is C21H30O2. The predicted molar refractivity (Wildman–Crippen MR) is 91.9 cm³/mol. The van der Waals surface area contributed by atoms with Gasteiger partial charge in [0.25, 0.3) is 0 Å². The van der Waals surface area contributed by atoms with E-state index in [1.54, 1.807) is 6.92 Å². The van der Waals surface area contributed by atoms with Gasteiger partial charge >= 0.3 is 0 Å². The first-order valence-corrected chi connectivity index (χ1v) is 9.45. The molecule has 23 heavy (non-hydrogen) atoms. The average molecular weight is 314 g/mol. The third-order valence-corrected chi connectivity index (χ3v) is 8.04. The summed E-state index contributed by atoms with van der Waals surface area (Å²) < 4.78 is 0. The minimum absolute atomic E-state index is 0.114. The second kappa shape index (κ2) is 5.05. The summed E-state index contributed by atoms with van der Waals surface area (Å²) in [6.07, 6.45) is 12.2. The molecule has 6 atom stereocenters. The first-order valence-electron chi connectivity index (χ1n) is 9.45. The summed E-state index contributed by atoms with van der Waals surface area (Å²) >= 11 is 0. The summed E-state index contributed by atoms with van der Waals surface area (Å²) in [5.41, 5.74) is 3.05. The van der Waals surface area contributed by atoms with Crippen molar-refractivity contribution >= 4 is 5.78 Å². The van der Waals surface area contributed by atoms with Crippen molar-refractivity contribution in [1.29, 1.82) is 0 Å². The summed E-state index contributed by atoms with van der Waals surface area (Å²) in [5.74, 6) is 2.38. The molecule has 0 bridgehead atoms. The quantitative estimate of drug-likeness (QED) is 0.727. The van der Waals surface area contributed by atoms with Crippen molar-refractivity contribution in [2.45, 2.75) is 71.8 Å². The van der Waals surface area contributed by atoms with Crippen molar-refractivity contribution < 1.29 is 9.90 Å². The lowest BCUT2D eigenvalue weighted by molar-refractivity contribution is -0.115. The molecule has 1 N–H and O–H groups in total. The van der Waals surface area contributed by atoms with E-state index in [-0.39, 0.29) is 17.3 Å². The van der Waals surface area contributed by atoms with Gasteiger partial charge in [-0.2, -0.15) is 0 Å². The molecule has 4 unspecified atom stereocenters. The van der Waals surface area contributed by atoms with E-state index < -0.39 is 0 Å². The van der Waals surface area contributed by atoms with Crippen molar-refractivity contribution in [3.05, 3.63) is 23.3 Å². The van der Waals surface area contributed by atoms with Crippen LogP contribution in [0.4, 0.5) is 0 Å². The number of fused-ring (bicyclic) bond motifs is 5. The van der Waals surface area contributed by atoms with Crippen LogP contribution < -0.4 is 0 Å². The molecule has 0 saturated heterocycles. The lowest BCUT2D eigenvalue weighted by Gasteiger charge is -2.57. The fourth-order valence-electron chi connectivity index (χ4n) is 6.75. The van der Waals surface area contributed by atoms with Gasteiger partial charge in [-0.05, 0) is 86.0 Å². The maximum Gasteiger partial charge on any atom is 0.156 e. The Labute approximate surface area is 140 Å². The van der Waals surface area contributed by atoms with E-state index in [4.69, 9.17) is 0 Å². The highest BCUT2D eigenvalue weighted by molar-refractivity contribution is 5.95. The zero-order valence-electron chi connectivity index (χ0n) is 14.8. The van der Waals surface area contributed by atoms with E-state index in [2.05, 4.69) is 26.0 Å². The molecule has 0 heterocycles. The number of Topliss-reactive ketones (excluding diaryl/α,β-unsaturated/α-hetero) is 1. The lowest BCUT2D eigenvalue weighted by Crippen LogP contribution is -2.50. The predicted octanol–water partition coefficient (Wildman–Crippen LogP) is 4.44. The van der Waals surface area contributed by atoms with E-state index in [0.29, 0.717) is 17.3 Å². The molecule has 2 heteroatoms. The van der Waals surface area contributed by atoms with Gasteiger partial charge < -0.3 is 5.11 Å². The number of aliphatic hydroxyl groups is 1. The van der Waals surface area contributed by atoms with Crippen LogP contribution >= 0.6 is 0 Å². The van der Waals surface area contributed by atoms with Gasteiger partial charge in [0.2, 0.25) is 0 Å². The molecule has 0 aromatic carbocycles. The van der Waals surface area contributed by atoms with Crippen LogP contribution in [0, 0.1) is 28.6 Å². The molecule has 0 radical (unpaired) electrons. The molecular weight excluding hydrogens is 284 g/mol. The van der Waals surface area contributed by atoms with Gasteiger partial charge in [-0.3, -0.25) is 4.79 Å². The van der Waals surface area contributed by atoms with E-state index in [1.165, 1.54) is 12.0 Å². The van der Waals surface area contributed by atoms with Gasteiger partial charge in [0.05, 0.1) is 6.10 Å². The van der Waals surface area contributed by atoms with Crippen LogP contribution in [-0.2, 0) is 4.79 Å². The largest absolute Gasteiger partial charge is 0.393 e. The zero-order chi connectivity index (χ0) is 16.4. The molecule has 2 saturated carbocycles. The molecule has 0 spiro atoms. The molecule has 0 aliphatic heterocycles. The number of allylic oxidation sites excluding steroid dienone is 3. The normalized spacial score (nSPS) is 48.7. The molecule has 0 aromatic rings. The van der Waals surface area contributed by atoms with Gasteiger partial charge in [-0.15, -0.1) is 0 Å². The minimum Gasteiger partial charge on any atom is -0.393 e. The van der Waals surface area contributed by atoms with Crippen molar-refractivity contribution in [3.63, 3.8) is 0 Å². The standard InChI is InChI=1S/C21H30O2/c1-13(22)17-6-7-18-16-5-4-14-12-15(23)8-10-20(14,2)19(16)9-11-21(17,18)3/h4,6,15-16,18-19,23H,5,7-12H2,1-3H3/t15-,16?,18?,19?,20?,21+/m0/s1. The molecule has 0 amide bonds. The molecule has 2 nitrogen and oxygen atoms in total. The Balaban J connectivity index is 1.67. The van der Waals surface area contributed by atoms with Gasteiger partial charge in [-0.1, -0.05) is 31.6 Å². The Hall–Kier alpha value is -0.890. The SMILES string of the molecule is CC(=O)C1=CCC2C3CC=C4C[C@@H](O)CCC4(C)C3CC[C@]12C. The second-order valence-corrected chi connectivity index (χ2v) is 9.02.